The molecule has 0 saturated carbocycles. The van der Waals surface area contributed by atoms with Crippen molar-refractivity contribution in [2.24, 2.45) is 0 Å². The summed E-state index contributed by atoms with van der Waals surface area (Å²) in [4.78, 5) is 26.6. The number of rotatable bonds is 5. The molecule has 0 aliphatic rings. The summed E-state index contributed by atoms with van der Waals surface area (Å²) in [5, 5.41) is 3.79. The molecule has 0 aliphatic heterocycles. The van der Waals surface area contributed by atoms with Crippen LogP contribution in [0, 0.1) is 0 Å². The van der Waals surface area contributed by atoms with Crippen LogP contribution in [0.5, 0.6) is 0 Å². The first-order valence-corrected chi connectivity index (χ1v) is 7.65. The number of nitrogens with one attached hydrogen (secondary N) is 1. The molecule has 0 aliphatic carbocycles. The molecule has 0 saturated heterocycles. The first kappa shape index (κ1) is 18.6. The van der Waals surface area contributed by atoms with Gasteiger partial charge in [-0.05, 0) is 24.6 Å². The highest BCUT2D eigenvalue weighted by molar-refractivity contribution is 6.35. The van der Waals surface area contributed by atoms with Crippen LogP contribution in [0.15, 0.2) is 18.2 Å². The molecule has 122 valence electrons. The maximum atomic E-state index is 12.1. The lowest BCUT2D eigenvalue weighted by Gasteiger charge is -2.26. The highest BCUT2D eigenvalue weighted by Gasteiger charge is 2.19. The van der Waals surface area contributed by atoms with Crippen LogP contribution in [-0.2, 0) is 4.79 Å². The zero-order chi connectivity index (χ0) is 16.9. The molecule has 0 spiro atoms. The predicted molar refractivity (Wildman–Crippen MR) is 89.3 cm³/mol. The lowest BCUT2D eigenvalue weighted by Crippen LogP contribution is -2.40. The van der Waals surface area contributed by atoms with Crippen LogP contribution in [0.25, 0.3) is 0 Å². The van der Waals surface area contributed by atoms with Crippen molar-refractivity contribution in [2.45, 2.75) is 19.4 Å². The van der Waals surface area contributed by atoms with Crippen molar-refractivity contribution >= 4 is 35.1 Å². The van der Waals surface area contributed by atoms with Crippen molar-refractivity contribution in [3.63, 3.8) is 0 Å². The van der Waals surface area contributed by atoms with Crippen molar-refractivity contribution in [3.8, 4) is 0 Å². The first-order valence-electron chi connectivity index (χ1n) is 6.89. The Balaban J connectivity index is 2.60. The lowest BCUT2D eigenvalue weighted by molar-refractivity contribution is -0.128. The quantitative estimate of drug-likeness (QED) is 0.890. The predicted octanol–water partition coefficient (Wildman–Crippen LogP) is 3.17. The molecule has 1 aromatic rings. The Bertz CT molecular complexity index is 550. The molecule has 1 atom stereocenters. The molecule has 22 heavy (non-hydrogen) atoms. The number of carbonyl (C=O) groups is 2. The first-order chi connectivity index (χ1) is 10.2. The van der Waals surface area contributed by atoms with Crippen molar-refractivity contribution < 1.29 is 9.59 Å². The normalized spacial score (nSPS) is 11.7. The SMILES string of the molecule is CC(c1ccc(Cl)cc1Cl)N(C)C(=O)NCCC(=O)N(C)C. The van der Waals surface area contributed by atoms with E-state index >= 15 is 0 Å². The van der Waals surface area contributed by atoms with E-state index in [9.17, 15) is 9.59 Å². The Morgan fingerprint density at radius 1 is 1.23 bits per heavy atom. The van der Waals surface area contributed by atoms with Gasteiger partial charge >= 0.3 is 6.03 Å². The van der Waals surface area contributed by atoms with E-state index in [-0.39, 0.29) is 24.4 Å². The molecule has 0 radical (unpaired) electrons. The molecule has 0 fully saturated rings. The number of benzene rings is 1. The highest BCUT2D eigenvalue weighted by atomic mass is 35.5. The third kappa shape index (κ3) is 5.07. The summed E-state index contributed by atoms with van der Waals surface area (Å²) < 4.78 is 0. The minimum atomic E-state index is -0.259. The summed E-state index contributed by atoms with van der Waals surface area (Å²) in [6.45, 7) is 2.17. The van der Waals surface area contributed by atoms with Crippen LogP contribution in [0.2, 0.25) is 10.0 Å². The van der Waals surface area contributed by atoms with Crippen LogP contribution in [0.1, 0.15) is 24.9 Å². The second kappa shape index (κ2) is 8.25. The van der Waals surface area contributed by atoms with Crippen LogP contribution < -0.4 is 5.32 Å². The maximum Gasteiger partial charge on any atom is 0.317 e. The van der Waals surface area contributed by atoms with E-state index in [1.54, 1.807) is 39.3 Å². The number of urea groups is 1. The number of hydrogen-bond donors (Lipinski definition) is 1. The van der Waals surface area contributed by atoms with Gasteiger partial charge in [0.25, 0.3) is 0 Å². The Labute approximate surface area is 141 Å². The van der Waals surface area contributed by atoms with Gasteiger partial charge in [0.05, 0.1) is 6.04 Å². The summed E-state index contributed by atoms with van der Waals surface area (Å²) in [6.07, 6.45) is 0.267. The third-order valence-electron chi connectivity index (χ3n) is 3.43. The zero-order valence-electron chi connectivity index (χ0n) is 13.2. The van der Waals surface area contributed by atoms with Crippen molar-refractivity contribution in [1.29, 1.82) is 0 Å². The molecule has 7 heteroatoms. The number of hydrogen-bond acceptors (Lipinski definition) is 2. The molecular formula is C15H21Cl2N3O2. The van der Waals surface area contributed by atoms with Gasteiger partial charge in [-0.2, -0.15) is 0 Å². The topological polar surface area (TPSA) is 52.7 Å². The average Bonchev–Trinajstić information content (AvgIpc) is 2.45. The van der Waals surface area contributed by atoms with E-state index < -0.39 is 0 Å². The second-order valence-corrected chi connectivity index (χ2v) is 6.07. The van der Waals surface area contributed by atoms with Gasteiger partial charge in [0, 0.05) is 44.2 Å². The van der Waals surface area contributed by atoms with Crippen LogP contribution in [0.4, 0.5) is 4.79 Å². The van der Waals surface area contributed by atoms with E-state index in [1.165, 1.54) is 9.80 Å². The largest absolute Gasteiger partial charge is 0.349 e. The van der Waals surface area contributed by atoms with Gasteiger partial charge in [0.15, 0.2) is 0 Å². The van der Waals surface area contributed by atoms with Crippen LogP contribution in [-0.4, -0.2) is 49.4 Å². The minimum absolute atomic E-state index is 0.0308. The minimum Gasteiger partial charge on any atom is -0.349 e. The standard InChI is InChI=1S/C15H21Cl2N3O2/c1-10(12-6-5-11(16)9-13(12)17)20(4)15(22)18-8-7-14(21)19(2)3/h5-6,9-10H,7-8H2,1-4H3,(H,18,22). The van der Waals surface area contributed by atoms with Crippen molar-refractivity contribution in [1.82, 2.24) is 15.1 Å². The van der Waals surface area contributed by atoms with E-state index in [1.807, 2.05) is 6.92 Å². The van der Waals surface area contributed by atoms with Gasteiger partial charge in [-0.15, -0.1) is 0 Å². The summed E-state index contributed by atoms with van der Waals surface area (Å²) in [6, 6.07) is 4.71. The highest BCUT2D eigenvalue weighted by Crippen LogP contribution is 2.28. The summed E-state index contributed by atoms with van der Waals surface area (Å²) in [7, 11) is 5.04. The third-order valence-corrected chi connectivity index (χ3v) is 3.99. The van der Waals surface area contributed by atoms with Crippen molar-refractivity contribution in [2.75, 3.05) is 27.7 Å². The summed E-state index contributed by atoms with van der Waals surface area (Å²) >= 11 is 12.0. The van der Waals surface area contributed by atoms with E-state index in [2.05, 4.69) is 5.32 Å². The maximum absolute atomic E-state index is 12.1. The molecule has 1 aromatic carbocycles. The number of amides is 3. The molecular weight excluding hydrogens is 325 g/mol. The second-order valence-electron chi connectivity index (χ2n) is 5.22. The van der Waals surface area contributed by atoms with Gasteiger partial charge in [-0.25, -0.2) is 4.79 Å². The van der Waals surface area contributed by atoms with Crippen LogP contribution in [0.3, 0.4) is 0 Å². The molecule has 1 unspecified atom stereocenters. The molecule has 0 heterocycles. The fraction of sp³-hybridized carbons (Fsp3) is 0.467. The fourth-order valence-corrected chi connectivity index (χ4v) is 2.42. The van der Waals surface area contributed by atoms with Crippen LogP contribution >= 0.6 is 23.2 Å². The molecule has 0 bridgehead atoms. The molecule has 1 rings (SSSR count). The number of carbonyl (C=O) groups excluding carboxylic acids is 2. The Morgan fingerprint density at radius 3 is 2.41 bits per heavy atom. The Hall–Kier alpha value is -1.46. The fourth-order valence-electron chi connectivity index (χ4n) is 1.85. The van der Waals surface area contributed by atoms with Gasteiger partial charge in [-0.3, -0.25) is 4.79 Å². The van der Waals surface area contributed by atoms with Gasteiger partial charge in [0.2, 0.25) is 5.91 Å². The number of nitrogens with zero attached hydrogens (tertiary/aromatic N) is 2. The zero-order valence-corrected chi connectivity index (χ0v) is 14.7. The van der Waals surface area contributed by atoms with Gasteiger partial charge < -0.3 is 15.1 Å². The summed E-state index contributed by atoms with van der Waals surface area (Å²) in [5.74, 6) is -0.0308. The van der Waals surface area contributed by atoms with Crippen molar-refractivity contribution in [3.05, 3.63) is 33.8 Å². The van der Waals surface area contributed by atoms with Gasteiger partial charge in [0.1, 0.15) is 0 Å². The average molecular weight is 346 g/mol. The van der Waals surface area contributed by atoms with Gasteiger partial charge in [-0.1, -0.05) is 29.3 Å². The van der Waals surface area contributed by atoms with E-state index in [4.69, 9.17) is 23.2 Å². The molecule has 0 aromatic heterocycles. The monoisotopic (exact) mass is 345 g/mol. The van der Waals surface area contributed by atoms with E-state index in [0.29, 0.717) is 16.6 Å². The Kier molecular flexibility index (Phi) is 6.97. The lowest BCUT2D eigenvalue weighted by atomic mass is 10.1. The molecule has 3 amide bonds. The number of halogens is 2. The molecule has 5 nitrogen and oxygen atoms in total. The summed E-state index contributed by atoms with van der Waals surface area (Å²) in [5.41, 5.74) is 0.813. The molecule has 1 N–H and O–H groups in total. The van der Waals surface area contributed by atoms with E-state index in [0.717, 1.165) is 5.56 Å². The smallest absolute Gasteiger partial charge is 0.317 e. The Morgan fingerprint density at radius 2 is 1.86 bits per heavy atom.